The average Bonchev–Trinajstić information content (AvgIpc) is 1.60. The summed E-state index contributed by atoms with van der Waals surface area (Å²) in [6.45, 7) is 9.78. The topological polar surface area (TPSA) is 26.3 Å². The third kappa shape index (κ3) is 4.70. The second-order valence-electron chi connectivity index (χ2n) is 3.94. The van der Waals surface area contributed by atoms with Gasteiger partial charge < -0.3 is 9.22 Å². The molecule has 0 amide bonds. The summed E-state index contributed by atoms with van der Waals surface area (Å²) in [6.07, 6.45) is 0.852. The normalized spacial score (nSPS) is 13.3. The first-order valence-electron chi connectivity index (χ1n) is 3.43. The van der Waals surface area contributed by atoms with E-state index < -0.39 is 13.9 Å². The predicted octanol–water partition coefficient (Wildman–Crippen LogP) is 1.82. The molecule has 0 rings (SSSR count). The van der Waals surface area contributed by atoms with Crippen molar-refractivity contribution in [2.24, 2.45) is 0 Å². The molecule has 0 aliphatic carbocycles. The van der Waals surface area contributed by atoms with E-state index in [9.17, 15) is 4.79 Å². The Bertz CT molecular complexity index is 124. The van der Waals surface area contributed by atoms with E-state index >= 15 is 0 Å². The highest BCUT2D eigenvalue weighted by Crippen LogP contribution is 2.14. The molecule has 0 unspecified atom stereocenters. The highest BCUT2D eigenvalue weighted by Gasteiger charge is 2.26. The second-order valence-corrected chi connectivity index (χ2v) is 8.36. The van der Waals surface area contributed by atoms with Crippen LogP contribution in [0.5, 0.6) is 0 Å². The molecule has 0 aliphatic rings. The molecular weight excluding hydrogens is 144 g/mol. The fraction of sp³-hybridized carbons (Fsp3) is 0.857. The van der Waals surface area contributed by atoms with Crippen molar-refractivity contribution in [2.45, 2.75) is 39.1 Å². The molecule has 0 aromatic carbocycles. The molecule has 0 heterocycles. The summed E-state index contributed by atoms with van der Waals surface area (Å²) in [7, 11) is -1.54. The van der Waals surface area contributed by atoms with Crippen molar-refractivity contribution in [1.29, 1.82) is 0 Å². The van der Waals surface area contributed by atoms with Gasteiger partial charge in [0.2, 0.25) is 0 Å². The van der Waals surface area contributed by atoms with Crippen LogP contribution in [0.1, 0.15) is 13.8 Å². The molecule has 0 spiro atoms. The van der Waals surface area contributed by atoms with E-state index in [1.165, 1.54) is 0 Å². The number of aldehydes is 1. The maximum atomic E-state index is 10.4. The van der Waals surface area contributed by atoms with Crippen molar-refractivity contribution in [2.75, 3.05) is 0 Å². The van der Waals surface area contributed by atoms with Crippen LogP contribution in [0.2, 0.25) is 19.6 Å². The molecule has 0 bridgehead atoms. The van der Waals surface area contributed by atoms with E-state index in [1.807, 2.05) is 0 Å². The highest BCUT2D eigenvalue weighted by atomic mass is 28.4. The minimum Gasteiger partial charge on any atom is -0.406 e. The molecule has 0 radical (unpaired) electrons. The molecule has 10 heavy (non-hydrogen) atoms. The van der Waals surface area contributed by atoms with Gasteiger partial charge >= 0.3 is 0 Å². The van der Waals surface area contributed by atoms with Crippen molar-refractivity contribution in [3.05, 3.63) is 0 Å². The molecule has 0 saturated heterocycles. The molecule has 3 heteroatoms. The minimum atomic E-state index is -1.54. The van der Waals surface area contributed by atoms with Crippen LogP contribution in [0.15, 0.2) is 0 Å². The predicted molar refractivity (Wildman–Crippen MR) is 44.6 cm³/mol. The standard InChI is InChI=1S/C7H16O2Si/c1-7(2,6-8)9-10(3,4)5/h6H,1-5H3. The Kier molecular flexibility index (Phi) is 2.80. The lowest BCUT2D eigenvalue weighted by Crippen LogP contribution is -2.39. The number of hydrogen-bond acceptors (Lipinski definition) is 2. The van der Waals surface area contributed by atoms with Crippen molar-refractivity contribution in [1.82, 2.24) is 0 Å². The maximum absolute atomic E-state index is 10.4. The van der Waals surface area contributed by atoms with Gasteiger partial charge in [-0.05, 0) is 33.5 Å². The molecule has 0 N–H and O–H groups in total. The van der Waals surface area contributed by atoms with Crippen LogP contribution in [0.4, 0.5) is 0 Å². The zero-order valence-corrected chi connectivity index (χ0v) is 8.39. The molecule has 0 fully saturated rings. The Morgan fingerprint density at radius 2 is 1.70 bits per heavy atom. The van der Waals surface area contributed by atoms with Gasteiger partial charge in [0.25, 0.3) is 0 Å². The summed E-state index contributed by atoms with van der Waals surface area (Å²) < 4.78 is 5.55. The lowest BCUT2D eigenvalue weighted by molar-refractivity contribution is -0.119. The number of hydrogen-bond donors (Lipinski definition) is 0. The monoisotopic (exact) mass is 160 g/mol. The Balaban J connectivity index is 4.01. The van der Waals surface area contributed by atoms with Crippen LogP contribution >= 0.6 is 0 Å². The van der Waals surface area contributed by atoms with E-state index in [0.29, 0.717) is 0 Å². The lowest BCUT2D eigenvalue weighted by Gasteiger charge is -2.27. The van der Waals surface area contributed by atoms with E-state index in [2.05, 4.69) is 19.6 Å². The maximum Gasteiger partial charge on any atom is 0.185 e. The van der Waals surface area contributed by atoms with E-state index in [4.69, 9.17) is 4.43 Å². The van der Waals surface area contributed by atoms with Crippen LogP contribution in [0.25, 0.3) is 0 Å². The van der Waals surface area contributed by atoms with Crippen LogP contribution in [-0.2, 0) is 9.22 Å². The van der Waals surface area contributed by atoms with E-state index in [-0.39, 0.29) is 0 Å². The number of carbonyl (C=O) groups excluding carboxylic acids is 1. The molecule has 0 saturated carbocycles. The summed E-state index contributed by atoms with van der Waals surface area (Å²) in [4.78, 5) is 10.4. The van der Waals surface area contributed by atoms with Gasteiger partial charge in [-0.15, -0.1) is 0 Å². The highest BCUT2D eigenvalue weighted by molar-refractivity contribution is 6.69. The third-order valence-corrected chi connectivity index (χ3v) is 1.99. The van der Waals surface area contributed by atoms with Crippen LogP contribution in [-0.4, -0.2) is 20.2 Å². The molecular formula is C7H16O2Si. The van der Waals surface area contributed by atoms with Gasteiger partial charge in [0.1, 0.15) is 11.9 Å². The molecule has 0 aromatic rings. The van der Waals surface area contributed by atoms with Crippen molar-refractivity contribution >= 4 is 14.6 Å². The molecule has 0 aliphatic heterocycles. The molecule has 0 aromatic heterocycles. The summed E-state index contributed by atoms with van der Waals surface area (Å²) >= 11 is 0. The average molecular weight is 160 g/mol. The Labute approximate surface area is 63.7 Å². The number of rotatable bonds is 3. The van der Waals surface area contributed by atoms with Crippen LogP contribution in [0, 0.1) is 0 Å². The smallest absolute Gasteiger partial charge is 0.185 e. The summed E-state index contributed by atoms with van der Waals surface area (Å²) in [6, 6.07) is 0. The van der Waals surface area contributed by atoms with E-state index in [1.54, 1.807) is 13.8 Å². The zero-order valence-electron chi connectivity index (χ0n) is 7.39. The van der Waals surface area contributed by atoms with Crippen molar-refractivity contribution < 1.29 is 9.22 Å². The Morgan fingerprint density at radius 3 is 1.80 bits per heavy atom. The Hall–Kier alpha value is -0.153. The van der Waals surface area contributed by atoms with Gasteiger partial charge in [-0.2, -0.15) is 0 Å². The minimum absolute atomic E-state index is 0.593. The lowest BCUT2D eigenvalue weighted by atomic mass is 10.2. The van der Waals surface area contributed by atoms with Gasteiger partial charge in [0.15, 0.2) is 8.32 Å². The van der Waals surface area contributed by atoms with Crippen molar-refractivity contribution in [3.63, 3.8) is 0 Å². The third-order valence-electron chi connectivity index (χ3n) is 0.853. The Morgan fingerprint density at radius 1 is 1.30 bits per heavy atom. The SMILES string of the molecule is CC(C)(C=O)O[Si](C)(C)C. The molecule has 60 valence electrons. The van der Waals surface area contributed by atoms with Crippen molar-refractivity contribution in [3.8, 4) is 0 Å². The fourth-order valence-electron chi connectivity index (χ4n) is 0.813. The largest absolute Gasteiger partial charge is 0.406 e. The van der Waals surface area contributed by atoms with Crippen LogP contribution < -0.4 is 0 Å². The first-order valence-corrected chi connectivity index (χ1v) is 6.84. The molecule has 2 nitrogen and oxygen atoms in total. The van der Waals surface area contributed by atoms with Gasteiger partial charge in [0, 0.05) is 0 Å². The summed E-state index contributed by atoms with van der Waals surface area (Å²) in [5.41, 5.74) is -0.593. The van der Waals surface area contributed by atoms with Gasteiger partial charge in [-0.3, -0.25) is 0 Å². The fourth-order valence-corrected chi connectivity index (χ4v) is 2.44. The first kappa shape index (κ1) is 9.85. The summed E-state index contributed by atoms with van der Waals surface area (Å²) in [5.74, 6) is 0. The van der Waals surface area contributed by atoms with Gasteiger partial charge in [0.05, 0.1) is 0 Å². The molecule has 0 atom stereocenters. The summed E-state index contributed by atoms with van der Waals surface area (Å²) in [5, 5.41) is 0. The van der Waals surface area contributed by atoms with Gasteiger partial charge in [-0.1, -0.05) is 0 Å². The van der Waals surface area contributed by atoms with Crippen LogP contribution in [0.3, 0.4) is 0 Å². The van der Waals surface area contributed by atoms with E-state index in [0.717, 1.165) is 6.29 Å². The quantitative estimate of drug-likeness (QED) is 0.465. The zero-order chi connectivity index (χ0) is 8.41. The van der Waals surface area contributed by atoms with Gasteiger partial charge in [-0.25, -0.2) is 0 Å². The first-order chi connectivity index (χ1) is 4.27. The number of carbonyl (C=O) groups is 1. The second kappa shape index (κ2) is 2.84.